The fraction of sp³-hybridized carbons (Fsp3) is 0.308. The number of nitrogens with one attached hydrogen (secondary N) is 4. The third kappa shape index (κ3) is 31.7. The molecule has 0 saturated heterocycles. The number of aliphatic hydroxyl groups is 5. The molecule has 4 heterocycles. The highest BCUT2D eigenvalue weighted by molar-refractivity contribution is 8.26. The number of rotatable bonds is 23. The van der Waals surface area contributed by atoms with E-state index in [2.05, 4.69) is 116 Å². The van der Waals surface area contributed by atoms with Gasteiger partial charge in [-0.1, -0.05) is 149 Å². The van der Waals surface area contributed by atoms with Crippen LogP contribution in [-0.4, -0.2) is 193 Å². The average molecular weight is 1620 g/mol. The number of nitrogens with two attached hydrogens (primary N) is 4. The van der Waals surface area contributed by atoms with Crippen LogP contribution in [0.2, 0.25) is 40.2 Å². The Balaban J connectivity index is 0.000000603. The van der Waals surface area contributed by atoms with Gasteiger partial charge in [0, 0.05) is 100 Å². The number of nitrogen functional groups attached to an aromatic ring is 4. The lowest BCUT2D eigenvalue weighted by Gasteiger charge is -2.09. The number of thiol groups is 1. The monoisotopic (exact) mass is 1610 g/mol. The largest absolute Gasteiger partial charge is 0.400 e. The van der Waals surface area contributed by atoms with E-state index in [4.69, 9.17) is 157 Å². The van der Waals surface area contributed by atoms with E-state index in [1.165, 1.54) is 0 Å². The van der Waals surface area contributed by atoms with E-state index in [0.29, 0.717) is 123 Å². The molecule has 17 N–H and O–H groups in total. The van der Waals surface area contributed by atoms with Crippen LogP contribution in [0, 0.1) is 0 Å². The molecule has 28 nitrogen and oxygen atoms in total. The SMILES string of the molecule is C.CO.Nc1nc(NCCCl)nnc1-c1cccc(Cl)c1Cl.Nc1nc(NCCO)nnc1-c1cccc(Cl)c1Cl.Nc1nc(NCCS(=O)(=O)CCO)nnc1-c1cccc(Cl)c1Cl.Nc1nc(NCCSCCO)nnc1-c1cccc(Cl)c1Cl.O=S(Cl)Cl.OCCS. The number of hydrogen-bond donors (Lipinski definition) is 14. The first kappa shape index (κ1) is 88.1. The lowest BCUT2D eigenvalue weighted by molar-refractivity contribution is 0.310. The Morgan fingerprint density at radius 3 is 1.02 bits per heavy atom. The van der Waals surface area contributed by atoms with Crippen molar-refractivity contribution in [3.05, 3.63) is 113 Å². The van der Waals surface area contributed by atoms with Crippen LogP contribution < -0.4 is 44.2 Å². The number of sulfone groups is 1. The van der Waals surface area contributed by atoms with Crippen LogP contribution in [0.5, 0.6) is 0 Å². The van der Waals surface area contributed by atoms with Crippen molar-refractivity contribution < 1.29 is 38.2 Å². The number of benzene rings is 4. The van der Waals surface area contributed by atoms with Gasteiger partial charge in [0.05, 0.1) is 78.1 Å². The summed E-state index contributed by atoms with van der Waals surface area (Å²) in [6.07, 6.45) is 0. The number of anilines is 8. The maximum Gasteiger partial charge on any atom is 0.244 e. The van der Waals surface area contributed by atoms with Crippen molar-refractivity contribution in [2.45, 2.75) is 7.43 Å². The van der Waals surface area contributed by atoms with Gasteiger partial charge in [-0.25, -0.2) is 12.6 Å². The van der Waals surface area contributed by atoms with Crippen molar-refractivity contribution in [2.75, 3.05) is 139 Å². The first-order chi connectivity index (χ1) is 44.9. The zero-order valence-corrected chi connectivity index (χ0v) is 60.5. The first-order valence-electron chi connectivity index (χ1n) is 26.2. The summed E-state index contributed by atoms with van der Waals surface area (Å²) in [5.41, 5.74) is 27.2. The molecule has 43 heteroatoms. The number of aromatic nitrogens is 12. The quantitative estimate of drug-likeness (QED) is 0.0122. The number of alkyl halides is 1. The predicted molar refractivity (Wildman–Crippen MR) is 396 cm³/mol. The van der Waals surface area contributed by atoms with Crippen molar-refractivity contribution in [1.82, 2.24) is 60.7 Å². The zero-order chi connectivity index (χ0) is 70.3. The molecule has 0 amide bonds. The van der Waals surface area contributed by atoms with Crippen LogP contribution in [-0.2, 0) is 19.1 Å². The molecule has 0 atom stereocenters. The van der Waals surface area contributed by atoms with E-state index in [0.717, 1.165) is 12.9 Å². The van der Waals surface area contributed by atoms with Crippen LogP contribution >= 0.6 is 150 Å². The molecule has 0 aliphatic rings. The van der Waals surface area contributed by atoms with Crippen LogP contribution in [0.4, 0.5) is 47.1 Å². The third-order valence-electron chi connectivity index (χ3n) is 10.4. The molecule has 4 aromatic heterocycles. The van der Waals surface area contributed by atoms with Crippen LogP contribution in [0.3, 0.4) is 0 Å². The van der Waals surface area contributed by atoms with E-state index < -0.39 is 25.7 Å². The maximum absolute atomic E-state index is 11.5. The molecule has 8 aromatic rings. The van der Waals surface area contributed by atoms with E-state index in [9.17, 15) is 8.42 Å². The minimum atomic E-state index is -3.33. The molecule has 4 aromatic carbocycles. The molecule has 0 aliphatic carbocycles. The molecule has 522 valence electrons. The second-order valence-corrected chi connectivity index (χ2v) is 26.9. The normalized spacial score (nSPS) is 10.3. The first-order valence-corrected chi connectivity index (χ1v) is 36.2. The summed E-state index contributed by atoms with van der Waals surface area (Å²) < 4.78 is 32.1. The summed E-state index contributed by atoms with van der Waals surface area (Å²) >= 11 is 59.1. The Labute approximate surface area is 613 Å². The molecule has 0 radical (unpaired) electrons. The van der Waals surface area contributed by atoms with Gasteiger partial charge in [0.15, 0.2) is 33.1 Å². The highest BCUT2D eigenvalue weighted by Crippen LogP contribution is 2.38. The minimum Gasteiger partial charge on any atom is -0.400 e. The van der Waals surface area contributed by atoms with Crippen LogP contribution in [0.25, 0.3) is 45.0 Å². The molecule has 0 aliphatic heterocycles. The molecule has 0 unspecified atom stereocenters. The highest BCUT2D eigenvalue weighted by Gasteiger charge is 2.19. The Hall–Kier alpha value is -4.89. The van der Waals surface area contributed by atoms with Crippen LogP contribution in [0.15, 0.2) is 72.8 Å². The standard InChI is InChI=1S/C13H15Cl2N5O3S.C13H15Cl2N5OS.C11H10Cl3N5.C11H11Cl2N5O.C2H6OS.CH4O.CH4.Cl2OS/c14-9-3-1-2-8(10(9)15)11-12(16)18-13(20-19-11)17-4-6-24(22,23)7-5-21;14-9-3-1-2-8(10(9)15)11-12(16)18-13(20-19-11)17-4-6-22-7-5-21;12-4-5-16-11-17-10(15)9(18-19-11)6-2-1-3-7(13)8(6)14;12-7-3-1-2-6(8(7)13)9-10(14)16-11(18-17-9)15-4-5-19;3-1-2-4;1-2;;1-4(2)3/h1-3,21H,4-7H2,(H3,16,17,18,20);1-3,21H,4-7H2,(H3,16,17,18,20);1-3H,4-5H2,(H3,15,16,17,19);1-3,19H,4-5H2,(H3,14,15,16,18);3-4H,1-2H2;2H,1H3;1H4;. The second kappa shape index (κ2) is 48.8. The Morgan fingerprint density at radius 1 is 0.463 bits per heavy atom. The van der Waals surface area contributed by atoms with Gasteiger partial charge in [-0.15, -0.1) is 52.4 Å². The summed E-state index contributed by atoms with van der Waals surface area (Å²) in [4.78, 5) is 16.3. The van der Waals surface area contributed by atoms with Gasteiger partial charge >= 0.3 is 0 Å². The molecule has 0 bridgehead atoms. The van der Waals surface area contributed by atoms with E-state index in [1.807, 2.05) is 0 Å². The second-order valence-electron chi connectivity index (χ2n) is 16.8. The van der Waals surface area contributed by atoms with E-state index in [-0.39, 0.29) is 91.2 Å². The van der Waals surface area contributed by atoms with Gasteiger partial charge in [-0.3, -0.25) is 0 Å². The van der Waals surface area contributed by atoms with Gasteiger partial charge in [0.2, 0.25) is 33.0 Å². The molecule has 0 saturated carbocycles. The third-order valence-corrected chi connectivity index (χ3v) is 16.7. The minimum absolute atomic E-state index is 0. The smallest absolute Gasteiger partial charge is 0.244 e. The predicted octanol–water partition coefficient (Wildman–Crippen LogP) is 9.92. The van der Waals surface area contributed by atoms with Crippen molar-refractivity contribution in [3.8, 4) is 45.0 Å². The molecular formula is C52H65Cl11N20O8S4. The van der Waals surface area contributed by atoms with Crippen molar-refractivity contribution in [3.63, 3.8) is 0 Å². The molecule has 95 heavy (non-hydrogen) atoms. The van der Waals surface area contributed by atoms with Crippen LogP contribution in [0.1, 0.15) is 7.43 Å². The topological polar surface area (TPSA) is 459 Å². The summed E-state index contributed by atoms with van der Waals surface area (Å²) in [5.74, 6) is 3.79. The number of nitrogens with zero attached hydrogens (tertiary/aromatic N) is 12. The van der Waals surface area contributed by atoms with Gasteiger partial charge in [0.1, 0.15) is 22.8 Å². The molecule has 0 spiro atoms. The average Bonchev–Trinajstić information content (AvgIpc) is 0.847. The van der Waals surface area contributed by atoms with Crippen molar-refractivity contribution in [2.24, 2.45) is 0 Å². The summed E-state index contributed by atoms with van der Waals surface area (Å²) in [7, 11) is 5.03. The summed E-state index contributed by atoms with van der Waals surface area (Å²) in [6.45, 7) is 1.48. The van der Waals surface area contributed by atoms with Gasteiger partial charge in [-0.05, 0) is 24.3 Å². The fourth-order valence-electron chi connectivity index (χ4n) is 6.45. The lowest BCUT2D eigenvalue weighted by Crippen LogP contribution is -2.21. The Bertz CT molecular complexity index is 3650. The summed E-state index contributed by atoms with van der Waals surface area (Å²) in [6, 6.07) is 20.5. The highest BCUT2D eigenvalue weighted by atomic mass is 36.0. The number of halogens is 11. The van der Waals surface area contributed by atoms with Gasteiger partial charge in [0.25, 0.3) is 0 Å². The van der Waals surface area contributed by atoms with E-state index >= 15 is 0 Å². The van der Waals surface area contributed by atoms with E-state index in [1.54, 1.807) is 84.6 Å². The molecular weight excluding hydrogens is 1550 g/mol. The maximum atomic E-state index is 11.5. The van der Waals surface area contributed by atoms with Gasteiger partial charge in [-0.2, -0.15) is 44.3 Å². The zero-order valence-electron chi connectivity index (χ0n) is 48.8. The summed E-state index contributed by atoms with van der Waals surface area (Å²) in [5, 5.41) is 86.9. The van der Waals surface area contributed by atoms with Gasteiger partial charge < -0.3 is 69.7 Å². The number of thioether (sulfide) groups is 1. The Morgan fingerprint density at radius 2 is 0.758 bits per heavy atom. The number of aliphatic hydroxyl groups excluding tert-OH is 5. The molecule has 8 rings (SSSR count). The number of hydrogen-bond acceptors (Lipinski definition) is 30. The van der Waals surface area contributed by atoms with Crippen molar-refractivity contribution in [1.29, 1.82) is 0 Å². The Kier molecular flexibility index (Phi) is 45.2. The lowest BCUT2D eigenvalue weighted by atomic mass is 10.1. The van der Waals surface area contributed by atoms with Crippen molar-refractivity contribution >= 4 is 216 Å². The fourth-order valence-corrected chi connectivity index (χ4v) is 9.58. The molecule has 0 fully saturated rings.